The molecule has 1 heterocycles. The van der Waals surface area contributed by atoms with Crippen molar-refractivity contribution in [2.24, 2.45) is 0 Å². The highest BCUT2D eigenvalue weighted by molar-refractivity contribution is 5.74. The smallest absolute Gasteiger partial charge is 0.315 e. The maximum Gasteiger partial charge on any atom is 0.315 e. The summed E-state index contributed by atoms with van der Waals surface area (Å²) in [7, 11) is 3.99. The Labute approximate surface area is 154 Å². The lowest BCUT2D eigenvalue weighted by molar-refractivity contribution is 0.174. The molecule has 0 aromatic heterocycles. The number of ether oxygens (including phenoxy) is 2. The summed E-state index contributed by atoms with van der Waals surface area (Å²) in [6.07, 6.45) is 0.730. The molecule has 2 aromatic carbocycles. The molecule has 0 fully saturated rings. The molecule has 2 aromatic rings. The first-order chi connectivity index (χ1) is 12.6. The summed E-state index contributed by atoms with van der Waals surface area (Å²) >= 11 is 0. The van der Waals surface area contributed by atoms with E-state index >= 15 is 0 Å². The molecule has 2 N–H and O–H groups in total. The molecule has 3 rings (SSSR count). The lowest BCUT2D eigenvalue weighted by atomic mass is 10.1. The number of nitrogens with one attached hydrogen (secondary N) is 2. The van der Waals surface area contributed by atoms with Crippen LogP contribution in [0.25, 0.3) is 0 Å². The first-order valence-electron chi connectivity index (χ1n) is 8.74. The molecule has 6 nitrogen and oxygen atoms in total. The Morgan fingerprint density at radius 1 is 1.12 bits per heavy atom. The Morgan fingerprint density at radius 2 is 1.88 bits per heavy atom. The zero-order valence-corrected chi connectivity index (χ0v) is 15.2. The average Bonchev–Trinajstić information content (AvgIpc) is 3.09. The van der Waals surface area contributed by atoms with Crippen molar-refractivity contribution >= 4 is 6.03 Å². The van der Waals surface area contributed by atoms with Gasteiger partial charge in [-0.15, -0.1) is 0 Å². The fourth-order valence-electron chi connectivity index (χ4n) is 2.91. The number of carbonyl (C=O) groups is 1. The number of fused-ring (bicyclic) bond motifs is 1. The van der Waals surface area contributed by atoms with Crippen LogP contribution in [-0.4, -0.2) is 44.9 Å². The van der Waals surface area contributed by atoms with Crippen molar-refractivity contribution in [3.63, 3.8) is 0 Å². The lowest BCUT2D eigenvalue weighted by Gasteiger charge is -2.23. The van der Waals surface area contributed by atoms with Gasteiger partial charge in [-0.3, -0.25) is 0 Å². The van der Waals surface area contributed by atoms with E-state index in [-0.39, 0.29) is 18.9 Å². The molecule has 6 heteroatoms. The molecule has 138 valence electrons. The molecule has 2 amide bonds. The van der Waals surface area contributed by atoms with Gasteiger partial charge in [0.1, 0.15) is 0 Å². The van der Waals surface area contributed by atoms with Crippen LogP contribution in [0, 0.1) is 0 Å². The quantitative estimate of drug-likeness (QED) is 0.801. The van der Waals surface area contributed by atoms with Gasteiger partial charge in [-0.1, -0.05) is 36.4 Å². The van der Waals surface area contributed by atoms with Crippen LogP contribution in [-0.2, 0) is 6.42 Å². The summed E-state index contributed by atoms with van der Waals surface area (Å²) in [5.74, 6) is 1.54. The van der Waals surface area contributed by atoms with Crippen LogP contribution in [0.5, 0.6) is 11.5 Å². The number of hydrogen-bond donors (Lipinski definition) is 2. The van der Waals surface area contributed by atoms with Gasteiger partial charge in [0, 0.05) is 13.1 Å². The largest absolute Gasteiger partial charge is 0.454 e. The number of nitrogens with zero attached hydrogens (tertiary/aromatic N) is 1. The molecule has 0 bridgehead atoms. The molecule has 1 unspecified atom stereocenters. The van der Waals surface area contributed by atoms with E-state index in [1.54, 1.807) is 0 Å². The van der Waals surface area contributed by atoms with E-state index < -0.39 is 0 Å². The third kappa shape index (κ3) is 4.89. The highest BCUT2D eigenvalue weighted by Crippen LogP contribution is 2.32. The van der Waals surface area contributed by atoms with Crippen LogP contribution in [0.4, 0.5) is 4.79 Å². The van der Waals surface area contributed by atoms with E-state index in [1.165, 1.54) is 0 Å². The number of hydrogen-bond acceptors (Lipinski definition) is 4. The summed E-state index contributed by atoms with van der Waals surface area (Å²) in [6.45, 7) is 1.56. The zero-order valence-electron chi connectivity index (χ0n) is 15.2. The first kappa shape index (κ1) is 18.1. The van der Waals surface area contributed by atoms with Gasteiger partial charge in [0.2, 0.25) is 6.79 Å². The summed E-state index contributed by atoms with van der Waals surface area (Å²) in [5, 5.41) is 5.99. The minimum atomic E-state index is -0.165. The van der Waals surface area contributed by atoms with Gasteiger partial charge in [0.05, 0.1) is 6.04 Å². The number of likely N-dealkylation sites (N-methyl/N-ethyl adjacent to an activating group) is 1. The van der Waals surface area contributed by atoms with Gasteiger partial charge >= 0.3 is 6.03 Å². The van der Waals surface area contributed by atoms with Gasteiger partial charge in [0.25, 0.3) is 0 Å². The number of benzene rings is 2. The van der Waals surface area contributed by atoms with Gasteiger partial charge in [-0.05, 0) is 43.8 Å². The van der Waals surface area contributed by atoms with E-state index in [9.17, 15) is 4.79 Å². The fraction of sp³-hybridized carbons (Fsp3) is 0.350. The molecule has 1 aliphatic rings. The number of carbonyl (C=O) groups excluding carboxylic acids is 1. The molecular formula is C20H25N3O3. The van der Waals surface area contributed by atoms with Crippen LogP contribution in [0.15, 0.2) is 48.5 Å². The van der Waals surface area contributed by atoms with Gasteiger partial charge < -0.3 is 25.0 Å². The minimum absolute atomic E-state index is 0.0586. The lowest BCUT2D eigenvalue weighted by Crippen LogP contribution is -2.42. The molecule has 1 atom stereocenters. The number of rotatable bonds is 7. The van der Waals surface area contributed by atoms with E-state index in [2.05, 4.69) is 15.5 Å². The van der Waals surface area contributed by atoms with Gasteiger partial charge in [0.15, 0.2) is 11.5 Å². The van der Waals surface area contributed by atoms with E-state index in [0.29, 0.717) is 6.54 Å². The average molecular weight is 355 g/mol. The molecule has 1 aliphatic heterocycles. The summed E-state index contributed by atoms with van der Waals surface area (Å²) in [6, 6.07) is 15.6. The summed E-state index contributed by atoms with van der Waals surface area (Å²) in [4.78, 5) is 14.4. The topological polar surface area (TPSA) is 62.8 Å². The molecule has 0 saturated carbocycles. The van der Waals surface area contributed by atoms with Crippen LogP contribution in [0.2, 0.25) is 0 Å². The third-order valence-corrected chi connectivity index (χ3v) is 4.19. The second-order valence-corrected chi connectivity index (χ2v) is 6.56. The van der Waals surface area contributed by atoms with Crippen LogP contribution >= 0.6 is 0 Å². The Bertz CT molecular complexity index is 734. The Hall–Kier alpha value is -2.73. The van der Waals surface area contributed by atoms with Crippen molar-refractivity contribution < 1.29 is 14.3 Å². The molecule has 26 heavy (non-hydrogen) atoms. The molecule has 0 spiro atoms. The van der Waals surface area contributed by atoms with Crippen molar-refractivity contribution in [2.45, 2.75) is 12.5 Å². The van der Waals surface area contributed by atoms with E-state index in [0.717, 1.165) is 35.6 Å². The second kappa shape index (κ2) is 8.58. The van der Waals surface area contributed by atoms with Gasteiger partial charge in [-0.2, -0.15) is 0 Å². The maximum absolute atomic E-state index is 12.3. The number of urea groups is 1. The predicted molar refractivity (Wildman–Crippen MR) is 101 cm³/mol. The van der Waals surface area contributed by atoms with Crippen LogP contribution in [0.1, 0.15) is 17.2 Å². The summed E-state index contributed by atoms with van der Waals surface area (Å²) < 4.78 is 10.7. The Morgan fingerprint density at radius 3 is 2.65 bits per heavy atom. The van der Waals surface area contributed by atoms with Crippen molar-refractivity contribution in [1.82, 2.24) is 15.5 Å². The van der Waals surface area contributed by atoms with Crippen LogP contribution < -0.4 is 20.1 Å². The van der Waals surface area contributed by atoms with Gasteiger partial charge in [-0.25, -0.2) is 4.79 Å². The highest BCUT2D eigenvalue weighted by atomic mass is 16.7. The maximum atomic E-state index is 12.3. The minimum Gasteiger partial charge on any atom is -0.454 e. The Kier molecular flexibility index (Phi) is 5.96. The fourth-order valence-corrected chi connectivity index (χ4v) is 2.91. The Balaban J connectivity index is 1.50. The standard InChI is InChI=1S/C20H25N3O3/c1-23(2)13-17(16-6-4-3-5-7-16)22-20(24)21-11-10-15-8-9-18-19(12-15)26-14-25-18/h3-9,12,17H,10-11,13-14H2,1-2H3,(H2,21,22,24). The predicted octanol–water partition coefficient (Wildman–Crippen LogP) is 2.56. The van der Waals surface area contributed by atoms with Crippen LogP contribution in [0.3, 0.4) is 0 Å². The SMILES string of the molecule is CN(C)CC(NC(=O)NCCc1ccc2c(c1)OCO2)c1ccccc1. The zero-order chi connectivity index (χ0) is 18.4. The first-order valence-corrected chi connectivity index (χ1v) is 8.74. The highest BCUT2D eigenvalue weighted by Gasteiger charge is 2.16. The van der Waals surface area contributed by atoms with E-state index in [1.807, 2.05) is 62.6 Å². The van der Waals surface area contributed by atoms with Crippen molar-refractivity contribution in [1.29, 1.82) is 0 Å². The number of amides is 2. The summed E-state index contributed by atoms with van der Waals surface area (Å²) in [5.41, 5.74) is 2.19. The molecule has 0 radical (unpaired) electrons. The molecule has 0 aliphatic carbocycles. The van der Waals surface area contributed by atoms with E-state index in [4.69, 9.17) is 9.47 Å². The monoisotopic (exact) mass is 355 g/mol. The molecular weight excluding hydrogens is 330 g/mol. The van der Waals surface area contributed by atoms with Crippen molar-refractivity contribution in [2.75, 3.05) is 34.0 Å². The normalized spacial score (nSPS) is 13.5. The third-order valence-electron chi connectivity index (χ3n) is 4.19. The van der Waals surface area contributed by atoms with Crippen molar-refractivity contribution in [3.8, 4) is 11.5 Å². The molecule has 0 saturated heterocycles. The second-order valence-electron chi connectivity index (χ2n) is 6.56. The van der Waals surface area contributed by atoms with Crippen molar-refractivity contribution in [3.05, 3.63) is 59.7 Å².